The third kappa shape index (κ3) is 3.21. The fourth-order valence-corrected chi connectivity index (χ4v) is 1.80. The molecule has 1 aliphatic heterocycles. The monoisotopic (exact) mass is 282 g/mol. The predicted molar refractivity (Wildman–Crippen MR) is 68.4 cm³/mol. The first-order valence-electron chi connectivity index (χ1n) is 6.04. The van der Waals surface area contributed by atoms with Gasteiger partial charge in [-0.1, -0.05) is 0 Å². The Morgan fingerprint density at radius 2 is 2.40 bits per heavy atom. The largest absolute Gasteiger partial charge is 0.383 e. The quantitative estimate of drug-likeness (QED) is 0.872. The summed E-state index contributed by atoms with van der Waals surface area (Å²) in [4.78, 5) is 30.0. The van der Waals surface area contributed by atoms with Crippen molar-refractivity contribution in [3.8, 4) is 0 Å². The highest BCUT2D eigenvalue weighted by molar-refractivity contribution is 5.94. The van der Waals surface area contributed by atoms with Crippen molar-refractivity contribution < 1.29 is 18.7 Å². The summed E-state index contributed by atoms with van der Waals surface area (Å²) in [7, 11) is 1.54. The number of urea groups is 1. The lowest BCUT2D eigenvalue weighted by Gasteiger charge is -2.18. The Balaban J connectivity index is 1.94. The second-order valence-corrected chi connectivity index (χ2v) is 4.28. The van der Waals surface area contributed by atoms with E-state index >= 15 is 0 Å². The van der Waals surface area contributed by atoms with Crippen LogP contribution in [0.15, 0.2) is 18.5 Å². The van der Waals surface area contributed by atoms with Gasteiger partial charge in [-0.25, -0.2) is 9.18 Å². The number of amides is 3. The summed E-state index contributed by atoms with van der Waals surface area (Å²) in [6.45, 7) is 0.964. The van der Waals surface area contributed by atoms with Crippen LogP contribution < -0.4 is 5.32 Å². The molecule has 1 fully saturated rings. The highest BCUT2D eigenvalue weighted by atomic mass is 19.1. The van der Waals surface area contributed by atoms with Gasteiger partial charge in [0, 0.05) is 19.9 Å². The lowest BCUT2D eigenvalue weighted by Crippen LogP contribution is -2.35. The third-order valence-electron chi connectivity index (χ3n) is 2.89. The van der Waals surface area contributed by atoms with Crippen LogP contribution in [-0.2, 0) is 9.53 Å². The van der Waals surface area contributed by atoms with E-state index in [9.17, 15) is 14.0 Å². The van der Waals surface area contributed by atoms with E-state index in [1.54, 1.807) is 0 Å². The van der Waals surface area contributed by atoms with Crippen molar-refractivity contribution in [2.75, 3.05) is 38.8 Å². The number of nitrogens with zero attached hydrogens (tertiary/aromatic N) is 3. The van der Waals surface area contributed by atoms with Gasteiger partial charge < -0.3 is 15.0 Å². The molecule has 0 bridgehead atoms. The minimum atomic E-state index is -0.623. The van der Waals surface area contributed by atoms with Gasteiger partial charge in [-0.3, -0.25) is 14.7 Å². The first kappa shape index (κ1) is 14.2. The van der Waals surface area contributed by atoms with Gasteiger partial charge in [-0.05, 0) is 6.07 Å². The molecule has 108 valence electrons. The van der Waals surface area contributed by atoms with Crippen LogP contribution in [0.5, 0.6) is 0 Å². The van der Waals surface area contributed by atoms with Crippen LogP contribution >= 0.6 is 0 Å². The molecule has 1 saturated heterocycles. The van der Waals surface area contributed by atoms with Crippen LogP contribution in [0.3, 0.4) is 0 Å². The van der Waals surface area contributed by atoms with Gasteiger partial charge in [0.05, 0.1) is 25.2 Å². The van der Waals surface area contributed by atoms with Crippen LogP contribution in [0.1, 0.15) is 0 Å². The van der Waals surface area contributed by atoms with Crippen molar-refractivity contribution in [2.24, 2.45) is 0 Å². The Bertz CT molecular complexity index is 511. The first-order chi connectivity index (χ1) is 9.61. The van der Waals surface area contributed by atoms with E-state index in [1.807, 2.05) is 0 Å². The van der Waals surface area contributed by atoms with Gasteiger partial charge >= 0.3 is 6.03 Å². The molecule has 0 radical (unpaired) electrons. The molecule has 1 N–H and O–H groups in total. The number of aromatic nitrogens is 1. The molecule has 0 saturated carbocycles. The Kier molecular flexibility index (Phi) is 4.46. The summed E-state index contributed by atoms with van der Waals surface area (Å²) in [6, 6.07) is 0.830. The van der Waals surface area contributed by atoms with Crippen LogP contribution in [0.4, 0.5) is 14.9 Å². The topological polar surface area (TPSA) is 74.8 Å². The zero-order valence-corrected chi connectivity index (χ0v) is 11.0. The molecule has 2 rings (SSSR count). The molecule has 3 amide bonds. The number of nitrogens with one attached hydrogen (secondary N) is 1. The minimum absolute atomic E-state index is 0.0255. The summed E-state index contributed by atoms with van der Waals surface area (Å²) in [5.41, 5.74) is 0.0350. The molecule has 1 aromatic heterocycles. The number of ether oxygens (including phenoxy) is 1. The van der Waals surface area contributed by atoms with Crippen molar-refractivity contribution in [2.45, 2.75) is 0 Å². The molecule has 0 spiro atoms. The van der Waals surface area contributed by atoms with Crippen molar-refractivity contribution in [1.29, 1.82) is 0 Å². The number of carbonyl (C=O) groups is 2. The van der Waals surface area contributed by atoms with Gasteiger partial charge in [0.25, 0.3) is 0 Å². The standard InChI is InChI=1S/C12H15FN4O3/c1-20-5-4-16-8-17(7-11(16)18)12(19)15-10-2-3-14-6-9(10)13/h2-3,6H,4-5,7-8H2,1H3,(H,14,15,19). The molecule has 0 aliphatic carbocycles. The van der Waals surface area contributed by atoms with Crippen LogP contribution in [-0.4, -0.2) is 60.2 Å². The fourth-order valence-electron chi connectivity index (χ4n) is 1.80. The average molecular weight is 282 g/mol. The van der Waals surface area contributed by atoms with Crippen molar-refractivity contribution in [1.82, 2.24) is 14.8 Å². The number of methoxy groups -OCH3 is 1. The summed E-state index contributed by atoms with van der Waals surface area (Å²) in [6.07, 6.45) is 2.38. The number of anilines is 1. The molecular formula is C12H15FN4O3. The molecule has 0 aromatic carbocycles. The summed E-state index contributed by atoms with van der Waals surface area (Å²) < 4.78 is 18.3. The highest BCUT2D eigenvalue weighted by Crippen LogP contribution is 2.13. The zero-order valence-electron chi connectivity index (χ0n) is 11.0. The highest BCUT2D eigenvalue weighted by Gasteiger charge is 2.30. The average Bonchev–Trinajstić information content (AvgIpc) is 2.80. The molecule has 20 heavy (non-hydrogen) atoms. The SMILES string of the molecule is COCCN1CN(C(=O)Nc2ccncc2F)CC1=O. The molecule has 1 aromatic rings. The van der Waals surface area contributed by atoms with E-state index < -0.39 is 11.8 Å². The summed E-state index contributed by atoms with van der Waals surface area (Å²) >= 11 is 0. The van der Waals surface area contributed by atoms with E-state index in [2.05, 4.69) is 10.3 Å². The Labute approximate surface area is 115 Å². The summed E-state index contributed by atoms with van der Waals surface area (Å²) in [5.74, 6) is -0.782. The molecule has 8 heteroatoms. The number of hydrogen-bond donors (Lipinski definition) is 1. The Hall–Kier alpha value is -2.22. The van der Waals surface area contributed by atoms with Gasteiger partial charge in [-0.2, -0.15) is 0 Å². The van der Waals surface area contributed by atoms with E-state index in [4.69, 9.17) is 4.74 Å². The number of hydrogen-bond acceptors (Lipinski definition) is 4. The van der Waals surface area contributed by atoms with Crippen molar-refractivity contribution in [3.05, 3.63) is 24.3 Å². The normalized spacial score (nSPS) is 14.8. The van der Waals surface area contributed by atoms with E-state index in [1.165, 1.54) is 29.2 Å². The van der Waals surface area contributed by atoms with E-state index in [0.29, 0.717) is 13.2 Å². The Morgan fingerprint density at radius 1 is 1.60 bits per heavy atom. The molecular weight excluding hydrogens is 267 g/mol. The van der Waals surface area contributed by atoms with E-state index in [0.717, 1.165) is 6.20 Å². The molecule has 1 aliphatic rings. The fraction of sp³-hybridized carbons (Fsp3) is 0.417. The number of rotatable bonds is 4. The van der Waals surface area contributed by atoms with Crippen molar-refractivity contribution in [3.63, 3.8) is 0 Å². The predicted octanol–water partition coefficient (Wildman–Crippen LogP) is 0.501. The first-order valence-corrected chi connectivity index (χ1v) is 6.04. The van der Waals surface area contributed by atoms with Gasteiger partial charge in [0.2, 0.25) is 5.91 Å². The summed E-state index contributed by atoms with van der Waals surface area (Å²) in [5, 5.41) is 2.41. The lowest BCUT2D eigenvalue weighted by molar-refractivity contribution is -0.127. The van der Waals surface area contributed by atoms with Crippen LogP contribution in [0.25, 0.3) is 0 Å². The molecule has 0 unspecified atom stereocenters. The second-order valence-electron chi connectivity index (χ2n) is 4.28. The number of carbonyl (C=O) groups excluding carboxylic acids is 2. The van der Waals surface area contributed by atoms with Crippen LogP contribution in [0, 0.1) is 5.82 Å². The second kappa shape index (κ2) is 6.29. The lowest BCUT2D eigenvalue weighted by atomic mass is 10.4. The van der Waals surface area contributed by atoms with E-state index in [-0.39, 0.29) is 24.8 Å². The number of halogens is 1. The van der Waals surface area contributed by atoms with Gasteiger partial charge in [0.1, 0.15) is 6.54 Å². The van der Waals surface area contributed by atoms with Crippen molar-refractivity contribution >= 4 is 17.6 Å². The van der Waals surface area contributed by atoms with Crippen LogP contribution in [0.2, 0.25) is 0 Å². The zero-order chi connectivity index (χ0) is 14.5. The molecule has 0 atom stereocenters. The molecule has 2 heterocycles. The van der Waals surface area contributed by atoms with Gasteiger partial charge in [0.15, 0.2) is 5.82 Å². The maximum atomic E-state index is 13.4. The maximum absolute atomic E-state index is 13.4. The number of pyridine rings is 1. The third-order valence-corrected chi connectivity index (χ3v) is 2.89. The van der Waals surface area contributed by atoms with Gasteiger partial charge in [-0.15, -0.1) is 0 Å². The smallest absolute Gasteiger partial charge is 0.323 e. The molecule has 7 nitrogen and oxygen atoms in total. The Morgan fingerprint density at radius 3 is 3.10 bits per heavy atom. The minimum Gasteiger partial charge on any atom is -0.383 e. The maximum Gasteiger partial charge on any atom is 0.323 e.